The summed E-state index contributed by atoms with van der Waals surface area (Å²) in [4.78, 5) is 17.0. The predicted octanol–water partition coefficient (Wildman–Crippen LogP) is 7.04. The molecule has 1 aromatic heterocycles. The highest BCUT2D eigenvalue weighted by Gasteiger charge is 2.11. The SMILES string of the molecule is CSc1ccc(NC(=O)c2ccc(Cl)c(-c3ccc(-c4ccccc4)cc3)c2)cn1. The third-order valence-electron chi connectivity index (χ3n) is 4.73. The largest absolute Gasteiger partial charge is 0.321 e. The van der Waals surface area contributed by atoms with Crippen LogP contribution in [0.1, 0.15) is 10.4 Å². The summed E-state index contributed by atoms with van der Waals surface area (Å²) in [5, 5.41) is 4.39. The molecule has 3 nitrogen and oxygen atoms in total. The zero-order chi connectivity index (χ0) is 20.9. The number of carbonyl (C=O) groups is 1. The highest BCUT2D eigenvalue weighted by molar-refractivity contribution is 7.98. The zero-order valence-corrected chi connectivity index (χ0v) is 17.9. The lowest BCUT2D eigenvalue weighted by molar-refractivity contribution is 0.102. The molecule has 4 rings (SSSR count). The van der Waals surface area contributed by atoms with E-state index in [0.29, 0.717) is 16.3 Å². The molecule has 0 unspecified atom stereocenters. The maximum atomic E-state index is 12.7. The number of halogens is 1. The van der Waals surface area contributed by atoms with Gasteiger partial charge in [-0.15, -0.1) is 11.8 Å². The van der Waals surface area contributed by atoms with Crippen LogP contribution in [0.15, 0.2) is 96.2 Å². The van der Waals surface area contributed by atoms with Crippen LogP contribution in [0.25, 0.3) is 22.3 Å². The number of amides is 1. The summed E-state index contributed by atoms with van der Waals surface area (Å²) in [7, 11) is 0. The molecule has 3 aromatic carbocycles. The van der Waals surface area contributed by atoms with Gasteiger partial charge < -0.3 is 5.32 Å². The van der Waals surface area contributed by atoms with E-state index in [4.69, 9.17) is 11.6 Å². The normalized spacial score (nSPS) is 10.6. The molecule has 1 heterocycles. The highest BCUT2D eigenvalue weighted by Crippen LogP contribution is 2.31. The Balaban J connectivity index is 1.57. The van der Waals surface area contributed by atoms with Gasteiger partial charge in [0.25, 0.3) is 5.91 Å². The number of rotatable bonds is 5. The van der Waals surface area contributed by atoms with Crippen molar-refractivity contribution in [3.63, 3.8) is 0 Å². The van der Waals surface area contributed by atoms with E-state index < -0.39 is 0 Å². The molecule has 4 aromatic rings. The molecule has 0 bridgehead atoms. The average molecular weight is 431 g/mol. The van der Waals surface area contributed by atoms with Gasteiger partial charge in [-0.3, -0.25) is 4.79 Å². The van der Waals surface area contributed by atoms with E-state index in [9.17, 15) is 4.79 Å². The van der Waals surface area contributed by atoms with Gasteiger partial charge in [0.05, 0.1) is 16.9 Å². The van der Waals surface area contributed by atoms with E-state index in [-0.39, 0.29) is 5.91 Å². The number of aromatic nitrogens is 1. The van der Waals surface area contributed by atoms with Crippen molar-refractivity contribution in [3.05, 3.63) is 102 Å². The molecule has 0 atom stereocenters. The number of hydrogen-bond acceptors (Lipinski definition) is 3. The Morgan fingerprint density at radius 3 is 2.23 bits per heavy atom. The van der Waals surface area contributed by atoms with Crippen LogP contribution in [0.5, 0.6) is 0 Å². The van der Waals surface area contributed by atoms with E-state index in [0.717, 1.165) is 27.3 Å². The van der Waals surface area contributed by atoms with Crippen LogP contribution in [0.2, 0.25) is 5.02 Å². The van der Waals surface area contributed by atoms with Gasteiger partial charge in [-0.1, -0.05) is 66.2 Å². The second kappa shape index (κ2) is 9.16. The molecule has 0 aliphatic carbocycles. The molecule has 0 radical (unpaired) electrons. The lowest BCUT2D eigenvalue weighted by Crippen LogP contribution is -2.12. The monoisotopic (exact) mass is 430 g/mol. The molecule has 148 valence electrons. The standard InChI is InChI=1S/C25H19ClN2OS/c1-30-24-14-12-21(16-27-24)28-25(29)20-11-13-23(26)22(15-20)19-9-7-18(8-10-19)17-5-3-2-4-6-17/h2-16H,1H3,(H,28,29). The number of carbonyl (C=O) groups excluding carboxylic acids is 1. The zero-order valence-electron chi connectivity index (χ0n) is 16.3. The fourth-order valence-electron chi connectivity index (χ4n) is 3.14. The van der Waals surface area contributed by atoms with Crippen molar-refractivity contribution >= 4 is 35.0 Å². The third kappa shape index (κ3) is 4.56. The molecular weight excluding hydrogens is 412 g/mol. The fourth-order valence-corrected chi connectivity index (χ4v) is 3.73. The molecule has 30 heavy (non-hydrogen) atoms. The van der Waals surface area contributed by atoms with E-state index >= 15 is 0 Å². The van der Waals surface area contributed by atoms with Gasteiger partial charge in [0.1, 0.15) is 0 Å². The average Bonchev–Trinajstić information content (AvgIpc) is 2.80. The van der Waals surface area contributed by atoms with Crippen LogP contribution < -0.4 is 5.32 Å². The first-order valence-corrected chi connectivity index (χ1v) is 11.0. The van der Waals surface area contributed by atoms with Gasteiger partial charge in [0.2, 0.25) is 0 Å². The summed E-state index contributed by atoms with van der Waals surface area (Å²) in [6, 6.07) is 27.4. The number of nitrogens with one attached hydrogen (secondary N) is 1. The van der Waals surface area contributed by atoms with Crippen molar-refractivity contribution in [3.8, 4) is 22.3 Å². The number of pyridine rings is 1. The Morgan fingerprint density at radius 2 is 1.57 bits per heavy atom. The van der Waals surface area contributed by atoms with Gasteiger partial charge in [-0.2, -0.15) is 0 Å². The van der Waals surface area contributed by atoms with Crippen molar-refractivity contribution in [2.75, 3.05) is 11.6 Å². The van der Waals surface area contributed by atoms with Crippen LogP contribution in [0.4, 0.5) is 5.69 Å². The first-order valence-electron chi connectivity index (χ1n) is 9.41. The summed E-state index contributed by atoms with van der Waals surface area (Å²) < 4.78 is 0. The summed E-state index contributed by atoms with van der Waals surface area (Å²) in [5.41, 5.74) is 5.26. The van der Waals surface area contributed by atoms with Crippen molar-refractivity contribution in [1.82, 2.24) is 4.98 Å². The maximum Gasteiger partial charge on any atom is 0.255 e. The van der Waals surface area contributed by atoms with Crippen molar-refractivity contribution in [1.29, 1.82) is 0 Å². The van der Waals surface area contributed by atoms with Crippen LogP contribution in [-0.2, 0) is 0 Å². The second-order valence-electron chi connectivity index (χ2n) is 6.68. The van der Waals surface area contributed by atoms with Gasteiger partial charge >= 0.3 is 0 Å². The van der Waals surface area contributed by atoms with Gasteiger partial charge in [-0.25, -0.2) is 4.98 Å². The van der Waals surface area contributed by atoms with Gasteiger partial charge in [-0.05, 0) is 53.3 Å². The summed E-state index contributed by atoms with van der Waals surface area (Å²) >= 11 is 8.00. The Morgan fingerprint density at radius 1 is 0.867 bits per heavy atom. The van der Waals surface area contributed by atoms with Crippen LogP contribution in [-0.4, -0.2) is 17.1 Å². The number of thioether (sulfide) groups is 1. The Kier molecular flexibility index (Phi) is 6.17. The van der Waals surface area contributed by atoms with Gasteiger partial charge in [0.15, 0.2) is 0 Å². The third-order valence-corrected chi connectivity index (χ3v) is 5.72. The molecule has 1 amide bonds. The van der Waals surface area contributed by atoms with Crippen LogP contribution >= 0.6 is 23.4 Å². The predicted molar refractivity (Wildman–Crippen MR) is 126 cm³/mol. The highest BCUT2D eigenvalue weighted by atomic mass is 35.5. The second-order valence-corrected chi connectivity index (χ2v) is 7.92. The molecule has 0 saturated heterocycles. The number of anilines is 1. The number of benzene rings is 3. The Labute approximate surface area is 185 Å². The molecule has 0 aliphatic heterocycles. The lowest BCUT2D eigenvalue weighted by Gasteiger charge is -2.10. The molecule has 1 N–H and O–H groups in total. The Bertz CT molecular complexity index is 1160. The summed E-state index contributed by atoms with van der Waals surface area (Å²) in [6.07, 6.45) is 3.62. The molecular formula is C25H19ClN2OS. The number of nitrogens with zero attached hydrogens (tertiary/aromatic N) is 1. The van der Waals surface area contributed by atoms with E-state index in [1.165, 1.54) is 0 Å². The van der Waals surface area contributed by atoms with E-state index in [2.05, 4.69) is 34.6 Å². The molecule has 0 saturated carbocycles. The van der Waals surface area contributed by atoms with Crippen molar-refractivity contribution in [2.45, 2.75) is 5.03 Å². The maximum absolute atomic E-state index is 12.7. The van der Waals surface area contributed by atoms with E-state index in [1.54, 1.807) is 30.1 Å². The smallest absolute Gasteiger partial charge is 0.255 e. The quantitative estimate of drug-likeness (QED) is 0.345. The van der Waals surface area contributed by atoms with Crippen LogP contribution in [0.3, 0.4) is 0 Å². The Hall–Kier alpha value is -3.08. The van der Waals surface area contributed by atoms with Crippen LogP contribution in [0, 0.1) is 0 Å². The molecule has 0 aliphatic rings. The lowest BCUT2D eigenvalue weighted by atomic mass is 9.99. The summed E-state index contributed by atoms with van der Waals surface area (Å²) in [5.74, 6) is -0.201. The van der Waals surface area contributed by atoms with Gasteiger partial charge in [0, 0.05) is 16.1 Å². The first-order chi connectivity index (χ1) is 14.6. The van der Waals surface area contributed by atoms with Crippen molar-refractivity contribution < 1.29 is 4.79 Å². The minimum Gasteiger partial charge on any atom is -0.321 e. The molecule has 0 fully saturated rings. The first kappa shape index (κ1) is 20.2. The molecule has 0 spiro atoms. The fraction of sp³-hybridized carbons (Fsp3) is 0.0400. The van der Waals surface area contributed by atoms with Crippen molar-refractivity contribution in [2.24, 2.45) is 0 Å². The topological polar surface area (TPSA) is 42.0 Å². The molecule has 5 heteroatoms. The number of hydrogen-bond donors (Lipinski definition) is 1. The van der Waals surface area contributed by atoms with E-state index in [1.807, 2.05) is 54.8 Å². The summed E-state index contributed by atoms with van der Waals surface area (Å²) in [6.45, 7) is 0. The minimum absolute atomic E-state index is 0.201. The minimum atomic E-state index is -0.201.